The molecule has 7 heteroatoms. The Kier molecular flexibility index (Phi) is 5.48. The molecule has 0 aliphatic carbocycles. The molecule has 0 aliphatic heterocycles. The predicted molar refractivity (Wildman–Crippen MR) is 133 cm³/mol. The zero-order valence-corrected chi connectivity index (χ0v) is 19.2. The minimum Gasteiger partial charge on any atom is -0.282 e. The van der Waals surface area contributed by atoms with E-state index in [0.717, 1.165) is 32.3 Å². The summed E-state index contributed by atoms with van der Waals surface area (Å²) in [5.41, 5.74) is 3.84. The van der Waals surface area contributed by atoms with Crippen molar-refractivity contribution in [1.29, 1.82) is 0 Å². The van der Waals surface area contributed by atoms with Gasteiger partial charge in [0.05, 0.1) is 28.3 Å². The second-order valence-electron chi connectivity index (χ2n) is 8.09. The highest BCUT2D eigenvalue weighted by atomic mass is 32.1. The summed E-state index contributed by atoms with van der Waals surface area (Å²) < 4.78 is 2.29. The third-order valence-electron chi connectivity index (χ3n) is 5.57. The van der Waals surface area contributed by atoms with Gasteiger partial charge in [-0.15, -0.1) is 0 Å². The summed E-state index contributed by atoms with van der Waals surface area (Å²) in [4.78, 5) is 32.9. The molecule has 0 N–H and O–H groups in total. The van der Waals surface area contributed by atoms with E-state index in [-0.39, 0.29) is 18.0 Å². The smallest absolute Gasteiger partial charge is 0.275 e. The molecular formula is C26H22N4O2S. The van der Waals surface area contributed by atoms with Crippen LogP contribution < -0.4 is 10.5 Å². The van der Waals surface area contributed by atoms with Gasteiger partial charge >= 0.3 is 0 Å². The summed E-state index contributed by atoms with van der Waals surface area (Å²) in [7, 11) is 0. The molecule has 2 aromatic heterocycles. The molecule has 0 saturated carbocycles. The fourth-order valence-electron chi connectivity index (χ4n) is 3.96. The van der Waals surface area contributed by atoms with E-state index in [1.165, 1.54) is 16.0 Å². The largest absolute Gasteiger partial charge is 0.282 e. The van der Waals surface area contributed by atoms with Crippen molar-refractivity contribution >= 4 is 43.4 Å². The fourth-order valence-corrected chi connectivity index (χ4v) is 4.99. The Bertz CT molecular complexity index is 1540. The van der Waals surface area contributed by atoms with E-state index in [9.17, 15) is 9.59 Å². The Hall–Kier alpha value is -3.84. The zero-order chi connectivity index (χ0) is 22.9. The Morgan fingerprint density at radius 1 is 1.03 bits per heavy atom. The number of hydrogen-bond acceptors (Lipinski definition) is 5. The molecule has 2 heterocycles. The monoisotopic (exact) mass is 454 g/mol. The molecule has 1 amide bonds. The van der Waals surface area contributed by atoms with Gasteiger partial charge in [0.15, 0.2) is 5.13 Å². The lowest BCUT2D eigenvalue weighted by Crippen LogP contribution is -2.37. The van der Waals surface area contributed by atoms with Crippen molar-refractivity contribution < 1.29 is 4.79 Å². The number of carbonyl (C=O) groups excluding carboxylic acids is 1. The minimum absolute atomic E-state index is 0.162. The summed E-state index contributed by atoms with van der Waals surface area (Å²) in [6, 6.07) is 21.2. The maximum Gasteiger partial charge on any atom is 0.275 e. The third-order valence-corrected chi connectivity index (χ3v) is 6.80. The van der Waals surface area contributed by atoms with Crippen LogP contribution in [0.15, 0.2) is 77.7 Å². The lowest BCUT2D eigenvalue weighted by atomic mass is 10.1. The molecule has 164 valence electrons. The number of fused-ring (bicyclic) bond motifs is 2. The molecule has 0 fully saturated rings. The van der Waals surface area contributed by atoms with Crippen LogP contribution in [0.25, 0.3) is 21.0 Å². The summed E-state index contributed by atoms with van der Waals surface area (Å²) in [6.45, 7) is 4.29. The molecule has 0 saturated heterocycles. The number of rotatable bonds is 5. The van der Waals surface area contributed by atoms with E-state index in [2.05, 4.69) is 18.1 Å². The molecule has 5 rings (SSSR count). The fraction of sp³-hybridized carbons (Fsp3) is 0.154. The van der Waals surface area contributed by atoms with E-state index >= 15 is 0 Å². The van der Waals surface area contributed by atoms with E-state index in [1.807, 2.05) is 61.5 Å². The van der Waals surface area contributed by atoms with Gasteiger partial charge in [0.25, 0.3) is 11.5 Å². The van der Waals surface area contributed by atoms with Gasteiger partial charge in [-0.05, 0) is 42.7 Å². The van der Waals surface area contributed by atoms with Crippen molar-refractivity contribution in [2.24, 2.45) is 0 Å². The number of carbonyl (C=O) groups is 1. The number of nitrogens with zero attached hydrogens (tertiary/aromatic N) is 4. The predicted octanol–water partition coefficient (Wildman–Crippen LogP) is 4.86. The first-order chi connectivity index (χ1) is 16.0. The first kappa shape index (κ1) is 21.0. The molecule has 0 spiro atoms. The van der Waals surface area contributed by atoms with Crippen LogP contribution in [0.4, 0.5) is 5.13 Å². The molecule has 6 nitrogen and oxygen atoms in total. The van der Waals surface area contributed by atoms with Crippen LogP contribution >= 0.6 is 11.3 Å². The van der Waals surface area contributed by atoms with Crippen LogP contribution in [-0.2, 0) is 17.9 Å². The average Bonchev–Trinajstić information content (AvgIpc) is 3.24. The first-order valence-corrected chi connectivity index (χ1v) is 11.5. The maximum absolute atomic E-state index is 13.5. The van der Waals surface area contributed by atoms with E-state index < -0.39 is 0 Å². The van der Waals surface area contributed by atoms with Crippen LogP contribution in [-0.4, -0.2) is 20.7 Å². The maximum atomic E-state index is 13.5. The molecule has 33 heavy (non-hydrogen) atoms. The molecular weight excluding hydrogens is 432 g/mol. The summed E-state index contributed by atoms with van der Waals surface area (Å²) in [6.07, 6.45) is 1.62. The molecule has 0 bridgehead atoms. The molecule has 0 unspecified atom stereocenters. The molecule has 3 aromatic carbocycles. The van der Waals surface area contributed by atoms with Crippen LogP contribution in [0.1, 0.15) is 16.7 Å². The Balaban J connectivity index is 1.54. The lowest BCUT2D eigenvalue weighted by molar-refractivity contribution is -0.119. The highest BCUT2D eigenvalue weighted by Gasteiger charge is 2.22. The number of aromatic nitrogens is 3. The highest BCUT2D eigenvalue weighted by molar-refractivity contribution is 7.22. The second-order valence-corrected chi connectivity index (χ2v) is 9.06. The van der Waals surface area contributed by atoms with Crippen molar-refractivity contribution in [3.8, 4) is 0 Å². The van der Waals surface area contributed by atoms with Gasteiger partial charge in [0.1, 0.15) is 6.54 Å². The third kappa shape index (κ3) is 4.15. The van der Waals surface area contributed by atoms with Gasteiger partial charge in [-0.25, -0.2) is 9.67 Å². The standard InChI is InChI=1S/C26H22N4O2S/c1-17-12-18(2)24-22(13-17)28-26(33-24)29(15-19-8-4-3-5-9-19)23(31)16-30-25(32)21-11-7-6-10-20(21)14-27-30/h3-14H,15-16H2,1-2H3. The van der Waals surface area contributed by atoms with Crippen molar-refractivity contribution in [3.63, 3.8) is 0 Å². The van der Waals surface area contributed by atoms with Crippen molar-refractivity contribution in [2.45, 2.75) is 26.9 Å². The highest BCUT2D eigenvalue weighted by Crippen LogP contribution is 2.33. The summed E-state index contributed by atoms with van der Waals surface area (Å²) in [5, 5.41) is 6.15. The number of thiazole rings is 1. The lowest BCUT2D eigenvalue weighted by Gasteiger charge is -2.20. The Labute approximate surface area is 194 Å². The van der Waals surface area contributed by atoms with Gasteiger partial charge < -0.3 is 0 Å². The van der Waals surface area contributed by atoms with E-state index in [0.29, 0.717) is 17.1 Å². The van der Waals surface area contributed by atoms with Crippen LogP contribution in [0.5, 0.6) is 0 Å². The number of amides is 1. The van der Waals surface area contributed by atoms with Crippen molar-refractivity contribution in [3.05, 3.63) is 100.0 Å². The van der Waals surface area contributed by atoms with Gasteiger partial charge in [-0.1, -0.05) is 65.9 Å². The van der Waals surface area contributed by atoms with Crippen molar-refractivity contribution in [1.82, 2.24) is 14.8 Å². The summed E-state index contributed by atoms with van der Waals surface area (Å²) in [5.74, 6) is -0.239. The zero-order valence-electron chi connectivity index (χ0n) is 18.4. The van der Waals surface area contributed by atoms with Crippen LogP contribution in [0.2, 0.25) is 0 Å². The normalized spacial score (nSPS) is 11.2. The Morgan fingerprint density at radius 2 is 1.79 bits per heavy atom. The average molecular weight is 455 g/mol. The van der Waals surface area contributed by atoms with Gasteiger partial charge in [0, 0.05) is 5.39 Å². The quantitative estimate of drug-likeness (QED) is 0.380. The van der Waals surface area contributed by atoms with Crippen LogP contribution in [0.3, 0.4) is 0 Å². The van der Waals surface area contributed by atoms with Gasteiger partial charge in [-0.3, -0.25) is 14.5 Å². The molecule has 0 radical (unpaired) electrons. The van der Waals surface area contributed by atoms with Crippen molar-refractivity contribution in [2.75, 3.05) is 4.90 Å². The number of aryl methyl sites for hydroxylation is 2. The first-order valence-electron chi connectivity index (χ1n) is 10.7. The molecule has 0 atom stereocenters. The van der Waals surface area contributed by atoms with Gasteiger partial charge in [0.2, 0.25) is 0 Å². The minimum atomic E-state index is -0.281. The number of anilines is 1. The SMILES string of the molecule is Cc1cc(C)c2sc(N(Cc3ccccc3)C(=O)Cn3ncc4ccccc4c3=O)nc2c1. The van der Waals surface area contributed by atoms with Gasteiger partial charge in [-0.2, -0.15) is 5.10 Å². The second kappa shape index (κ2) is 8.60. The number of benzene rings is 3. The molecule has 5 aromatic rings. The molecule has 0 aliphatic rings. The topological polar surface area (TPSA) is 68.1 Å². The van der Waals surface area contributed by atoms with E-state index in [4.69, 9.17) is 4.98 Å². The summed E-state index contributed by atoms with van der Waals surface area (Å²) >= 11 is 1.49. The number of hydrogen-bond donors (Lipinski definition) is 0. The Morgan fingerprint density at radius 3 is 2.61 bits per heavy atom. The van der Waals surface area contributed by atoms with E-state index in [1.54, 1.807) is 17.2 Å². The van der Waals surface area contributed by atoms with Crippen LogP contribution in [0, 0.1) is 13.8 Å².